The predicted octanol–water partition coefficient (Wildman–Crippen LogP) is 2.38. The van der Waals surface area contributed by atoms with Crippen molar-refractivity contribution in [2.75, 3.05) is 19.7 Å². The molecule has 0 bridgehead atoms. The van der Waals surface area contributed by atoms with Crippen LogP contribution in [-0.4, -0.2) is 42.9 Å². The van der Waals surface area contributed by atoms with Crippen molar-refractivity contribution in [2.24, 2.45) is 4.99 Å². The van der Waals surface area contributed by atoms with E-state index in [1.54, 1.807) is 0 Å². The van der Waals surface area contributed by atoms with E-state index in [9.17, 15) is 5.11 Å². The Labute approximate surface area is 146 Å². The quantitative estimate of drug-likeness (QED) is 0.344. The molecule has 0 aromatic heterocycles. The smallest absolute Gasteiger partial charge is 0.191 e. The number of guanidine groups is 1. The molecule has 1 aromatic rings. The van der Waals surface area contributed by atoms with Gasteiger partial charge in [-0.15, -0.1) is 0 Å². The summed E-state index contributed by atoms with van der Waals surface area (Å²) in [5, 5.41) is 16.4. The number of nitrogens with one attached hydrogen (secondary N) is 2. The van der Waals surface area contributed by atoms with Gasteiger partial charge >= 0.3 is 0 Å². The third-order valence-electron chi connectivity index (χ3n) is 3.06. The van der Waals surface area contributed by atoms with Crippen LogP contribution in [0.3, 0.4) is 0 Å². The van der Waals surface area contributed by atoms with Gasteiger partial charge in [-0.2, -0.15) is 0 Å². The van der Waals surface area contributed by atoms with E-state index in [4.69, 9.17) is 4.74 Å². The summed E-state index contributed by atoms with van der Waals surface area (Å²) in [4.78, 5) is 4.39. The number of hydrogen-bond acceptors (Lipinski definition) is 3. The van der Waals surface area contributed by atoms with Crippen LogP contribution in [0, 0.1) is 3.57 Å². The first kappa shape index (κ1) is 19.0. The standard InChI is InChI=1S/C16H26IN3O2/c1-4-12(3)20-16(18-5-2)19-10-14(21)11-22-15-8-6-13(17)7-9-15/h6-9,12,14,21H,4-5,10-11H2,1-3H3,(H2,18,19,20). The van der Waals surface area contributed by atoms with E-state index < -0.39 is 6.10 Å². The molecule has 22 heavy (non-hydrogen) atoms. The maximum atomic E-state index is 9.98. The number of aliphatic hydroxyl groups is 1. The number of aliphatic hydroxyl groups excluding tert-OH is 1. The molecule has 0 radical (unpaired) electrons. The number of halogens is 1. The van der Waals surface area contributed by atoms with Gasteiger partial charge in [-0.25, -0.2) is 0 Å². The first-order valence-electron chi connectivity index (χ1n) is 7.66. The van der Waals surface area contributed by atoms with Crippen molar-refractivity contribution in [3.63, 3.8) is 0 Å². The molecule has 2 unspecified atom stereocenters. The lowest BCUT2D eigenvalue weighted by Gasteiger charge is -2.17. The van der Waals surface area contributed by atoms with Crippen molar-refractivity contribution in [1.29, 1.82) is 0 Å². The van der Waals surface area contributed by atoms with Gasteiger partial charge in [0.15, 0.2) is 5.96 Å². The van der Waals surface area contributed by atoms with Crippen LogP contribution in [0.1, 0.15) is 27.2 Å². The average Bonchev–Trinajstić information content (AvgIpc) is 2.52. The van der Waals surface area contributed by atoms with Crippen molar-refractivity contribution in [3.05, 3.63) is 27.8 Å². The molecule has 0 spiro atoms. The van der Waals surface area contributed by atoms with Gasteiger partial charge in [0.2, 0.25) is 0 Å². The second kappa shape index (κ2) is 10.7. The van der Waals surface area contributed by atoms with Gasteiger partial charge in [0, 0.05) is 16.2 Å². The Kier molecular flexibility index (Phi) is 9.22. The van der Waals surface area contributed by atoms with E-state index in [0.29, 0.717) is 12.6 Å². The van der Waals surface area contributed by atoms with Crippen LogP contribution in [0.4, 0.5) is 0 Å². The first-order valence-corrected chi connectivity index (χ1v) is 8.74. The molecule has 5 nitrogen and oxygen atoms in total. The van der Waals surface area contributed by atoms with Crippen molar-refractivity contribution in [1.82, 2.24) is 10.6 Å². The number of ether oxygens (including phenoxy) is 1. The minimum absolute atomic E-state index is 0.229. The van der Waals surface area contributed by atoms with Gasteiger partial charge in [-0.05, 0) is 67.1 Å². The molecule has 2 atom stereocenters. The summed E-state index contributed by atoms with van der Waals surface area (Å²) in [7, 11) is 0. The van der Waals surface area contributed by atoms with Crippen LogP contribution >= 0.6 is 22.6 Å². The van der Waals surface area contributed by atoms with Gasteiger partial charge < -0.3 is 20.5 Å². The van der Waals surface area contributed by atoms with E-state index in [-0.39, 0.29) is 6.61 Å². The van der Waals surface area contributed by atoms with Crippen molar-refractivity contribution >= 4 is 28.6 Å². The number of benzene rings is 1. The van der Waals surface area contributed by atoms with E-state index in [2.05, 4.69) is 52.1 Å². The highest BCUT2D eigenvalue weighted by Crippen LogP contribution is 2.13. The van der Waals surface area contributed by atoms with Gasteiger partial charge in [-0.3, -0.25) is 4.99 Å². The van der Waals surface area contributed by atoms with Crippen LogP contribution in [0.15, 0.2) is 29.3 Å². The molecule has 0 saturated carbocycles. The molecular weight excluding hydrogens is 393 g/mol. The SMILES string of the molecule is CCNC(=NCC(O)COc1ccc(I)cc1)NC(C)CC. The molecule has 1 aromatic carbocycles. The molecule has 0 aliphatic carbocycles. The largest absolute Gasteiger partial charge is 0.491 e. The third kappa shape index (κ3) is 7.84. The summed E-state index contributed by atoms with van der Waals surface area (Å²) in [5.41, 5.74) is 0. The highest BCUT2D eigenvalue weighted by Gasteiger charge is 2.07. The molecule has 0 fully saturated rings. The highest BCUT2D eigenvalue weighted by atomic mass is 127. The fourth-order valence-corrected chi connectivity index (χ4v) is 1.99. The lowest BCUT2D eigenvalue weighted by Crippen LogP contribution is -2.42. The first-order chi connectivity index (χ1) is 10.5. The third-order valence-corrected chi connectivity index (χ3v) is 3.78. The molecule has 3 N–H and O–H groups in total. The molecule has 0 saturated heterocycles. The van der Waals surface area contributed by atoms with Crippen molar-refractivity contribution < 1.29 is 9.84 Å². The Morgan fingerprint density at radius 1 is 1.32 bits per heavy atom. The molecule has 0 amide bonds. The normalized spacial score (nSPS) is 14.3. The summed E-state index contributed by atoms with van der Waals surface area (Å²) in [5.74, 6) is 1.48. The summed E-state index contributed by atoms with van der Waals surface area (Å²) >= 11 is 2.24. The van der Waals surface area contributed by atoms with E-state index in [0.717, 1.165) is 28.2 Å². The van der Waals surface area contributed by atoms with Gasteiger partial charge in [0.05, 0.1) is 6.54 Å². The zero-order valence-electron chi connectivity index (χ0n) is 13.5. The second-order valence-corrected chi connectivity index (χ2v) is 6.34. The van der Waals surface area contributed by atoms with Gasteiger partial charge in [0.25, 0.3) is 0 Å². The fourth-order valence-electron chi connectivity index (χ4n) is 1.63. The molecule has 0 aliphatic heterocycles. The Balaban J connectivity index is 2.42. The fraction of sp³-hybridized carbons (Fsp3) is 0.562. The molecule has 0 heterocycles. The zero-order valence-corrected chi connectivity index (χ0v) is 15.6. The number of rotatable bonds is 8. The maximum Gasteiger partial charge on any atom is 0.191 e. The molecule has 1 rings (SSSR count). The summed E-state index contributed by atoms with van der Waals surface area (Å²) in [6.07, 6.45) is 0.384. The highest BCUT2D eigenvalue weighted by molar-refractivity contribution is 14.1. The van der Waals surface area contributed by atoms with E-state index in [1.165, 1.54) is 0 Å². The Hall–Kier alpha value is -1.02. The lowest BCUT2D eigenvalue weighted by atomic mass is 10.3. The average molecular weight is 419 g/mol. The van der Waals surface area contributed by atoms with Crippen LogP contribution in [0.25, 0.3) is 0 Å². The van der Waals surface area contributed by atoms with Crippen LogP contribution in [-0.2, 0) is 0 Å². The Morgan fingerprint density at radius 3 is 2.59 bits per heavy atom. The minimum Gasteiger partial charge on any atom is -0.491 e. The summed E-state index contributed by atoms with van der Waals surface area (Å²) in [6, 6.07) is 8.08. The Morgan fingerprint density at radius 2 is 2.00 bits per heavy atom. The van der Waals surface area contributed by atoms with Crippen molar-refractivity contribution in [2.45, 2.75) is 39.3 Å². The van der Waals surface area contributed by atoms with Crippen LogP contribution in [0.2, 0.25) is 0 Å². The number of aliphatic imine (C=N–C) groups is 1. The number of nitrogens with zero attached hydrogens (tertiary/aromatic N) is 1. The van der Waals surface area contributed by atoms with E-state index in [1.807, 2.05) is 31.2 Å². The van der Waals surface area contributed by atoms with E-state index >= 15 is 0 Å². The van der Waals surface area contributed by atoms with Gasteiger partial charge in [0.1, 0.15) is 18.5 Å². The second-order valence-electron chi connectivity index (χ2n) is 5.09. The molecule has 6 heteroatoms. The maximum absolute atomic E-state index is 9.98. The Bertz CT molecular complexity index is 451. The topological polar surface area (TPSA) is 65.9 Å². The summed E-state index contributed by atoms with van der Waals surface area (Å²) < 4.78 is 6.71. The molecule has 0 aliphatic rings. The van der Waals surface area contributed by atoms with Crippen molar-refractivity contribution in [3.8, 4) is 5.75 Å². The van der Waals surface area contributed by atoms with Crippen LogP contribution < -0.4 is 15.4 Å². The molecule has 124 valence electrons. The molecular formula is C16H26IN3O2. The number of hydrogen-bond donors (Lipinski definition) is 3. The van der Waals surface area contributed by atoms with Crippen LogP contribution in [0.5, 0.6) is 5.75 Å². The monoisotopic (exact) mass is 419 g/mol. The lowest BCUT2D eigenvalue weighted by molar-refractivity contribution is 0.114. The predicted molar refractivity (Wildman–Crippen MR) is 99.5 cm³/mol. The summed E-state index contributed by atoms with van der Waals surface area (Å²) in [6.45, 7) is 7.55. The minimum atomic E-state index is -0.633. The zero-order chi connectivity index (χ0) is 16.4. The van der Waals surface area contributed by atoms with Gasteiger partial charge in [-0.1, -0.05) is 6.92 Å².